The Labute approximate surface area is 228 Å². The molecule has 8 heteroatoms. The van der Waals surface area contributed by atoms with Crippen LogP contribution in [0, 0.1) is 6.92 Å². The summed E-state index contributed by atoms with van der Waals surface area (Å²) in [5, 5.41) is 0. The lowest BCUT2D eigenvalue weighted by atomic mass is 10.1. The van der Waals surface area contributed by atoms with Gasteiger partial charge in [-0.3, -0.25) is 0 Å². The van der Waals surface area contributed by atoms with E-state index >= 15 is 0 Å². The van der Waals surface area contributed by atoms with E-state index in [0.717, 1.165) is 58.0 Å². The predicted octanol–water partition coefficient (Wildman–Crippen LogP) is 8.32. The molecule has 0 heterocycles. The lowest BCUT2D eigenvalue weighted by Crippen LogP contribution is -2.22. The molecule has 0 N–H and O–H groups in total. The van der Waals surface area contributed by atoms with E-state index in [-0.39, 0.29) is 13.6 Å². The summed E-state index contributed by atoms with van der Waals surface area (Å²) in [6.07, 6.45) is 4.09. The third kappa shape index (κ3) is 12.1. The number of benzene rings is 2. The van der Waals surface area contributed by atoms with E-state index in [4.69, 9.17) is 23.7 Å². The molecule has 0 aliphatic heterocycles. The highest BCUT2D eigenvalue weighted by Crippen LogP contribution is 2.30. The van der Waals surface area contributed by atoms with Crippen LogP contribution in [-0.4, -0.2) is 50.1 Å². The van der Waals surface area contributed by atoms with Gasteiger partial charge in [0.15, 0.2) is 13.6 Å². The summed E-state index contributed by atoms with van der Waals surface area (Å²) in [4.78, 5) is 0. The summed E-state index contributed by atoms with van der Waals surface area (Å²) in [6, 6.07) is 12.1. The molecule has 0 unspecified atom stereocenters. The molecule has 2 aromatic rings. The van der Waals surface area contributed by atoms with Crippen molar-refractivity contribution in [2.24, 2.45) is 0 Å². The first kappa shape index (κ1) is 30.6. The van der Waals surface area contributed by atoms with E-state index < -0.39 is 16.1 Å². The van der Waals surface area contributed by atoms with Crippen molar-refractivity contribution in [2.45, 2.75) is 58.3 Å². The Hall–Kier alpha value is -1.59. The van der Waals surface area contributed by atoms with E-state index in [0.29, 0.717) is 5.75 Å². The summed E-state index contributed by atoms with van der Waals surface area (Å²) in [6.45, 7) is 18.0. The molecule has 0 radical (unpaired) electrons. The lowest BCUT2D eigenvalue weighted by molar-refractivity contribution is 0.0217. The van der Waals surface area contributed by atoms with Gasteiger partial charge in [-0.2, -0.15) is 0 Å². The third-order valence-electron chi connectivity index (χ3n) is 5.46. The van der Waals surface area contributed by atoms with Crippen LogP contribution < -0.4 is 14.2 Å². The molecule has 0 saturated carbocycles. The minimum atomic E-state index is -1.11. The molecule has 0 bridgehead atoms. The van der Waals surface area contributed by atoms with Gasteiger partial charge in [0.05, 0.1) is 7.11 Å². The highest BCUT2D eigenvalue weighted by molar-refractivity contribution is 9.10. The minimum Gasteiger partial charge on any atom is -0.497 e. The van der Waals surface area contributed by atoms with E-state index in [2.05, 4.69) is 68.2 Å². The Morgan fingerprint density at radius 2 is 1.25 bits per heavy atom. The molecule has 0 spiro atoms. The molecule has 0 atom stereocenters. The second-order valence-corrected chi connectivity index (χ2v) is 23.4. The highest BCUT2D eigenvalue weighted by Gasteiger charge is 2.13. The first-order valence-electron chi connectivity index (χ1n) is 12.4. The molecular formula is C28H43BrO5Si2. The van der Waals surface area contributed by atoms with Crippen molar-refractivity contribution in [3.63, 3.8) is 0 Å². The number of hydrogen-bond donors (Lipinski definition) is 0. The van der Waals surface area contributed by atoms with Gasteiger partial charge in [-0.25, -0.2) is 0 Å². The molecular weight excluding hydrogens is 552 g/mol. The van der Waals surface area contributed by atoms with Crippen molar-refractivity contribution >= 4 is 44.2 Å². The molecule has 2 aromatic carbocycles. The zero-order valence-corrected chi connectivity index (χ0v) is 26.8. The molecule has 0 saturated heterocycles. The SMILES string of the molecule is COc1cc(/C=C/c2cc(OCOCC[Si](C)(C)C)cc(C)c2Br)cc(OCOCC[Si](C)(C)C)c1. The number of methoxy groups -OCH3 is 1. The Balaban J connectivity index is 2.04. The van der Waals surface area contributed by atoms with Crippen LogP contribution in [0.5, 0.6) is 17.2 Å². The molecule has 5 nitrogen and oxygen atoms in total. The molecule has 2 rings (SSSR count). The van der Waals surface area contributed by atoms with E-state index in [1.54, 1.807) is 7.11 Å². The minimum absolute atomic E-state index is 0.227. The predicted molar refractivity (Wildman–Crippen MR) is 160 cm³/mol. The second kappa shape index (κ2) is 14.4. The number of halogens is 1. The van der Waals surface area contributed by atoms with Crippen molar-refractivity contribution in [1.29, 1.82) is 0 Å². The number of rotatable bonds is 15. The normalized spacial score (nSPS) is 12.2. The van der Waals surface area contributed by atoms with Crippen LogP contribution in [0.4, 0.5) is 0 Å². The van der Waals surface area contributed by atoms with Gasteiger partial charge >= 0.3 is 0 Å². The fourth-order valence-corrected chi connectivity index (χ4v) is 5.01. The monoisotopic (exact) mass is 594 g/mol. The quantitative estimate of drug-likeness (QED) is 0.0897. The number of aryl methyl sites for hydroxylation is 1. The highest BCUT2D eigenvalue weighted by atomic mass is 79.9. The maximum atomic E-state index is 5.88. The van der Waals surface area contributed by atoms with E-state index in [1.165, 1.54) is 0 Å². The maximum absolute atomic E-state index is 5.88. The fourth-order valence-electron chi connectivity index (χ4n) is 3.14. The van der Waals surface area contributed by atoms with Gasteiger partial charge < -0.3 is 23.7 Å². The van der Waals surface area contributed by atoms with Crippen LogP contribution in [0.1, 0.15) is 16.7 Å². The number of ether oxygens (including phenoxy) is 5. The summed E-state index contributed by atoms with van der Waals surface area (Å²) in [5.41, 5.74) is 3.09. The first-order valence-corrected chi connectivity index (χ1v) is 20.7. The zero-order chi connectivity index (χ0) is 26.8. The van der Waals surface area contributed by atoms with Crippen molar-refractivity contribution in [2.75, 3.05) is 33.9 Å². The van der Waals surface area contributed by atoms with Crippen LogP contribution in [-0.2, 0) is 9.47 Å². The second-order valence-electron chi connectivity index (χ2n) is 11.4. The van der Waals surface area contributed by atoms with Crippen molar-refractivity contribution in [3.05, 3.63) is 51.5 Å². The summed E-state index contributed by atoms with van der Waals surface area (Å²) in [5.74, 6) is 2.23. The van der Waals surface area contributed by atoms with Gasteiger partial charge in [0.2, 0.25) is 0 Å². The van der Waals surface area contributed by atoms with Crippen LogP contribution in [0.2, 0.25) is 51.4 Å². The molecule has 0 aliphatic carbocycles. The Kier molecular flexibility index (Phi) is 12.2. The van der Waals surface area contributed by atoms with Crippen LogP contribution in [0.25, 0.3) is 12.2 Å². The fraction of sp³-hybridized carbons (Fsp3) is 0.500. The van der Waals surface area contributed by atoms with Gasteiger partial charge in [-0.1, -0.05) is 51.4 Å². The van der Waals surface area contributed by atoms with Crippen molar-refractivity contribution in [3.8, 4) is 17.2 Å². The third-order valence-corrected chi connectivity index (χ3v) is 9.95. The Bertz CT molecular complexity index is 997. The topological polar surface area (TPSA) is 46.2 Å². The Morgan fingerprint density at radius 3 is 1.78 bits per heavy atom. The molecule has 0 aromatic heterocycles. The van der Waals surface area contributed by atoms with E-state index in [9.17, 15) is 0 Å². The molecule has 0 fully saturated rings. The van der Waals surface area contributed by atoms with Gasteiger partial charge in [-0.15, -0.1) is 0 Å². The number of hydrogen-bond acceptors (Lipinski definition) is 5. The average molecular weight is 596 g/mol. The largest absolute Gasteiger partial charge is 0.497 e. The molecule has 200 valence electrons. The van der Waals surface area contributed by atoms with Gasteiger partial charge in [0.25, 0.3) is 0 Å². The van der Waals surface area contributed by atoms with Crippen LogP contribution in [0.15, 0.2) is 34.8 Å². The van der Waals surface area contributed by atoms with Gasteiger partial charge in [0, 0.05) is 39.9 Å². The van der Waals surface area contributed by atoms with Gasteiger partial charge in [0.1, 0.15) is 17.2 Å². The molecule has 36 heavy (non-hydrogen) atoms. The van der Waals surface area contributed by atoms with Crippen molar-refractivity contribution in [1.82, 2.24) is 0 Å². The molecule has 0 aliphatic rings. The van der Waals surface area contributed by atoms with Crippen LogP contribution >= 0.6 is 15.9 Å². The van der Waals surface area contributed by atoms with Crippen LogP contribution in [0.3, 0.4) is 0 Å². The van der Waals surface area contributed by atoms with E-state index in [1.807, 2.05) is 36.4 Å². The average Bonchev–Trinajstić information content (AvgIpc) is 2.78. The van der Waals surface area contributed by atoms with Crippen molar-refractivity contribution < 1.29 is 23.7 Å². The molecule has 0 amide bonds. The lowest BCUT2D eigenvalue weighted by Gasteiger charge is -2.16. The summed E-state index contributed by atoms with van der Waals surface area (Å²) < 4.78 is 29.6. The smallest absolute Gasteiger partial charge is 0.189 e. The summed E-state index contributed by atoms with van der Waals surface area (Å²) >= 11 is 3.71. The maximum Gasteiger partial charge on any atom is 0.189 e. The first-order chi connectivity index (χ1) is 16.9. The standard InChI is InChI=1S/C28H43BrO5Si2/c1-22-15-26(33-20-31-11-13-35(3,4)5)18-24(28(22)29)10-9-23-16-25(30-2)19-27(17-23)34-21-32-12-14-36(6,7)8/h9-10,15-19H,11-14,20-21H2,1-8H3/b10-9+. The Morgan fingerprint density at radius 1 is 0.722 bits per heavy atom. The summed E-state index contributed by atoms with van der Waals surface area (Å²) in [7, 11) is -0.560. The zero-order valence-electron chi connectivity index (χ0n) is 23.2. The van der Waals surface area contributed by atoms with Gasteiger partial charge in [-0.05, 0) is 75.9 Å².